The third kappa shape index (κ3) is 7.22. The second kappa shape index (κ2) is 9.79. The first kappa shape index (κ1) is 18.9. The zero-order chi connectivity index (χ0) is 17.9. The van der Waals surface area contributed by atoms with E-state index in [-0.39, 0.29) is 6.04 Å². The third-order valence-corrected chi connectivity index (χ3v) is 3.04. The summed E-state index contributed by atoms with van der Waals surface area (Å²) in [6.45, 7) is 3.15. The van der Waals surface area contributed by atoms with Crippen LogP contribution >= 0.6 is 0 Å². The molecular weight excluding hydrogens is 310 g/mol. The fourth-order valence-corrected chi connectivity index (χ4v) is 1.54. The van der Waals surface area contributed by atoms with Gasteiger partial charge in [0, 0.05) is 12.1 Å². The molecule has 7 heteroatoms. The van der Waals surface area contributed by atoms with Crippen molar-refractivity contribution in [3.8, 4) is 6.07 Å². The van der Waals surface area contributed by atoms with Crippen LogP contribution in [0.1, 0.15) is 31.4 Å². The quantitative estimate of drug-likeness (QED) is 0.610. The summed E-state index contributed by atoms with van der Waals surface area (Å²) in [6.07, 6.45) is 3.39. The number of esters is 1. The largest absolute Gasteiger partial charge is 0.452 e. The molecule has 0 saturated heterocycles. The minimum atomic E-state index is -0.712. The first-order valence-corrected chi connectivity index (χ1v) is 7.40. The maximum atomic E-state index is 11.5. The summed E-state index contributed by atoms with van der Waals surface area (Å²) in [5.41, 5.74) is 1.23. The summed E-state index contributed by atoms with van der Waals surface area (Å²) in [7, 11) is 0. The van der Waals surface area contributed by atoms with Gasteiger partial charge in [0.15, 0.2) is 6.61 Å². The van der Waals surface area contributed by atoms with E-state index in [4.69, 9.17) is 10.00 Å². The molecule has 0 fully saturated rings. The van der Waals surface area contributed by atoms with Gasteiger partial charge in [0.1, 0.15) is 0 Å². The smallest absolute Gasteiger partial charge is 0.331 e. The molecule has 0 heterocycles. The molecule has 126 valence electrons. The van der Waals surface area contributed by atoms with Crippen LogP contribution in [0.25, 0.3) is 6.08 Å². The summed E-state index contributed by atoms with van der Waals surface area (Å²) in [6, 6.07) is 7.89. The lowest BCUT2D eigenvalue weighted by molar-refractivity contribution is -0.143. The second-order valence-electron chi connectivity index (χ2n) is 5.01. The standard InChI is InChI=1S/C17H19N3O4/c1-3-12(2)19-17(23)20-15(21)11-24-16(22)9-8-13-4-6-14(10-18)7-5-13/h4-9,12H,3,11H2,1-2H3,(H2,19,20,21,23)/b9-8+/t12-/m0/s1. The number of nitrogens with zero attached hydrogens (tertiary/aromatic N) is 1. The van der Waals surface area contributed by atoms with Crippen LogP contribution < -0.4 is 10.6 Å². The van der Waals surface area contributed by atoms with Crippen LogP contribution in [0.4, 0.5) is 4.79 Å². The first-order valence-electron chi connectivity index (χ1n) is 7.40. The summed E-state index contributed by atoms with van der Waals surface area (Å²) in [5, 5.41) is 13.3. The number of amides is 3. The molecule has 0 radical (unpaired) electrons. The predicted octanol–water partition coefficient (Wildman–Crippen LogP) is 1.74. The third-order valence-electron chi connectivity index (χ3n) is 3.04. The molecule has 3 amide bonds. The zero-order valence-electron chi connectivity index (χ0n) is 13.5. The number of carbonyl (C=O) groups excluding carboxylic acids is 3. The number of carbonyl (C=O) groups is 3. The molecule has 7 nitrogen and oxygen atoms in total. The van der Waals surface area contributed by atoms with Crippen molar-refractivity contribution in [2.24, 2.45) is 0 Å². The fourth-order valence-electron chi connectivity index (χ4n) is 1.54. The molecule has 0 aliphatic carbocycles. The zero-order valence-corrected chi connectivity index (χ0v) is 13.5. The summed E-state index contributed by atoms with van der Waals surface area (Å²) < 4.78 is 4.73. The Morgan fingerprint density at radius 1 is 1.29 bits per heavy atom. The number of nitrogens with one attached hydrogen (secondary N) is 2. The molecule has 0 spiro atoms. The predicted molar refractivity (Wildman–Crippen MR) is 87.6 cm³/mol. The van der Waals surface area contributed by atoms with Gasteiger partial charge in [-0.2, -0.15) is 5.26 Å². The van der Waals surface area contributed by atoms with Crippen molar-refractivity contribution < 1.29 is 19.1 Å². The molecule has 2 N–H and O–H groups in total. The van der Waals surface area contributed by atoms with Crippen LogP contribution in [0, 0.1) is 11.3 Å². The average Bonchev–Trinajstić information content (AvgIpc) is 2.58. The molecular formula is C17H19N3O4. The van der Waals surface area contributed by atoms with Gasteiger partial charge in [0.2, 0.25) is 0 Å². The van der Waals surface area contributed by atoms with Crippen LogP contribution in [-0.4, -0.2) is 30.6 Å². The SMILES string of the molecule is CC[C@H](C)NC(=O)NC(=O)COC(=O)/C=C/c1ccc(C#N)cc1. The van der Waals surface area contributed by atoms with Crippen molar-refractivity contribution in [1.29, 1.82) is 5.26 Å². The van der Waals surface area contributed by atoms with Crippen LogP contribution in [0.3, 0.4) is 0 Å². The van der Waals surface area contributed by atoms with E-state index in [0.717, 1.165) is 12.5 Å². The van der Waals surface area contributed by atoms with Gasteiger partial charge < -0.3 is 10.1 Å². The van der Waals surface area contributed by atoms with Crippen LogP contribution in [0.5, 0.6) is 0 Å². The Hall–Kier alpha value is -3.14. The number of rotatable bonds is 6. The van der Waals surface area contributed by atoms with E-state index in [1.807, 2.05) is 13.0 Å². The van der Waals surface area contributed by atoms with E-state index in [1.54, 1.807) is 31.2 Å². The molecule has 0 aliphatic rings. The number of hydrogen-bond donors (Lipinski definition) is 2. The number of benzene rings is 1. The number of nitriles is 1. The van der Waals surface area contributed by atoms with Crippen molar-refractivity contribution in [2.75, 3.05) is 6.61 Å². The highest BCUT2D eigenvalue weighted by molar-refractivity contribution is 5.96. The first-order chi connectivity index (χ1) is 11.4. The van der Waals surface area contributed by atoms with E-state index in [9.17, 15) is 14.4 Å². The summed E-state index contributed by atoms with van der Waals surface area (Å²) >= 11 is 0. The monoisotopic (exact) mass is 329 g/mol. The lowest BCUT2D eigenvalue weighted by atomic mass is 10.1. The second-order valence-corrected chi connectivity index (χ2v) is 5.01. The van der Waals surface area contributed by atoms with Gasteiger partial charge in [0.05, 0.1) is 11.6 Å². The van der Waals surface area contributed by atoms with Crippen molar-refractivity contribution in [2.45, 2.75) is 26.3 Å². The van der Waals surface area contributed by atoms with E-state index in [2.05, 4.69) is 10.6 Å². The minimum absolute atomic E-state index is 0.0595. The molecule has 0 unspecified atom stereocenters. The van der Waals surface area contributed by atoms with Crippen LogP contribution in [0.15, 0.2) is 30.3 Å². The normalized spacial score (nSPS) is 11.4. The summed E-state index contributed by atoms with van der Waals surface area (Å²) in [4.78, 5) is 34.4. The lowest BCUT2D eigenvalue weighted by Gasteiger charge is -2.11. The molecule has 0 aliphatic heterocycles. The summed E-state index contributed by atoms with van der Waals surface area (Å²) in [5.74, 6) is -1.42. The van der Waals surface area contributed by atoms with Crippen molar-refractivity contribution in [1.82, 2.24) is 10.6 Å². The van der Waals surface area contributed by atoms with Gasteiger partial charge in [-0.25, -0.2) is 9.59 Å². The lowest BCUT2D eigenvalue weighted by Crippen LogP contribution is -2.44. The Balaban J connectivity index is 2.37. The Morgan fingerprint density at radius 2 is 1.96 bits per heavy atom. The molecule has 0 aromatic heterocycles. The van der Waals surface area contributed by atoms with Crippen molar-refractivity contribution >= 4 is 24.0 Å². The number of urea groups is 1. The van der Waals surface area contributed by atoms with Gasteiger partial charge in [-0.1, -0.05) is 19.1 Å². The van der Waals surface area contributed by atoms with E-state index in [1.165, 1.54) is 6.08 Å². The van der Waals surface area contributed by atoms with Crippen LogP contribution in [-0.2, 0) is 14.3 Å². The fraction of sp³-hybridized carbons (Fsp3) is 0.294. The van der Waals surface area contributed by atoms with Crippen molar-refractivity contribution in [3.05, 3.63) is 41.5 Å². The Bertz CT molecular complexity index is 659. The van der Waals surface area contributed by atoms with Gasteiger partial charge >= 0.3 is 12.0 Å². The highest BCUT2D eigenvalue weighted by Crippen LogP contribution is 2.05. The highest BCUT2D eigenvalue weighted by atomic mass is 16.5. The number of ether oxygens (including phenoxy) is 1. The average molecular weight is 329 g/mol. The molecule has 0 saturated carbocycles. The maximum Gasteiger partial charge on any atom is 0.331 e. The van der Waals surface area contributed by atoms with Gasteiger partial charge in [0.25, 0.3) is 5.91 Å². The molecule has 1 aromatic rings. The number of imide groups is 1. The van der Waals surface area contributed by atoms with Crippen molar-refractivity contribution in [3.63, 3.8) is 0 Å². The highest BCUT2D eigenvalue weighted by Gasteiger charge is 2.11. The minimum Gasteiger partial charge on any atom is -0.452 e. The van der Waals surface area contributed by atoms with E-state index in [0.29, 0.717) is 11.1 Å². The molecule has 1 aromatic carbocycles. The van der Waals surface area contributed by atoms with E-state index >= 15 is 0 Å². The van der Waals surface area contributed by atoms with E-state index < -0.39 is 24.5 Å². The van der Waals surface area contributed by atoms with Crippen LogP contribution in [0.2, 0.25) is 0 Å². The number of hydrogen-bond acceptors (Lipinski definition) is 5. The molecule has 1 rings (SSSR count). The van der Waals surface area contributed by atoms with Gasteiger partial charge in [-0.15, -0.1) is 0 Å². The molecule has 1 atom stereocenters. The Labute approximate surface area is 140 Å². The van der Waals surface area contributed by atoms with Gasteiger partial charge in [-0.3, -0.25) is 10.1 Å². The molecule has 24 heavy (non-hydrogen) atoms. The van der Waals surface area contributed by atoms with Gasteiger partial charge in [-0.05, 0) is 37.1 Å². The molecule has 0 bridgehead atoms. The Kier molecular flexibility index (Phi) is 7.71. The maximum absolute atomic E-state index is 11.5. The topological polar surface area (TPSA) is 108 Å². The Morgan fingerprint density at radius 3 is 2.54 bits per heavy atom.